The lowest BCUT2D eigenvalue weighted by molar-refractivity contribution is 0.138. The third-order valence-electron chi connectivity index (χ3n) is 5.32. The fourth-order valence-corrected chi connectivity index (χ4v) is 4.04. The largest absolute Gasteiger partial charge is 0.496 e. The summed E-state index contributed by atoms with van der Waals surface area (Å²) in [7, 11) is 1.71. The van der Waals surface area contributed by atoms with Crippen molar-refractivity contribution in [3.63, 3.8) is 0 Å². The number of aryl methyl sites for hydroxylation is 1. The standard InChI is InChI=1S/C17H24O2/c1-10-8-9-14(17(19-3)11(10)2)16(18)15-12-6-4-5-7-13(12)15/h8-9,12-13,15-16,18H,4-7H2,1-3H3. The highest BCUT2D eigenvalue weighted by molar-refractivity contribution is 5.47. The summed E-state index contributed by atoms with van der Waals surface area (Å²) in [5.41, 5.74) is 3.37. The number of aliphatic hydroxyl groups is 1. The molecule has 0 bridgehead atoms. The summed E-state index contributed by atoms with van der Waals surface area (Å²) in [6, 6.07) is 4.15. The van der Waals surface area contributed by atoms with E-state index in [0.29, 0.717) is 5.92 Å². The SMILES string of the molecule is COc1c(C(O)C2C3CCCCC32)ccc(C)c1C. The minimum absolute atomic E-state index is 0.345. The van der Waals surface area contributed by atoms with Gasteiger partial charge >= 0.3 is 0 Å². The van der Waals surface area contributed by atoms with Crippen LogP contribution in [0.15, 0.2) is 12.1 Å². The maximum Gasteiger partial charge on any atom is 0.127 e. The van der Waals surface area contributed by atoms with Crippen molar-refractivity contribution < 1.29 is 9.84 Å². The van der Waals surface area contributed by atoms with Gasteiger partial charge in [0.05, 0.1) is 13.2 Å². The predicted molar refractivity (Wildman–Crippen MR) is 76.4 cm³/mol. The van der Waals surface area contributed by atoms with Crippen LogP contribution in [0.5, 0.6) is 5.75 Å². The van der Waals surface area contributed by atoms with Gasteiger partial charge in [-0.2, -0.15) is 0 Å². The topological polar surface area (TPSA) is 29.5 Å². The summed E-state index contributed by atoms with van der Waals surface area (Å²) in [6.45, 7) is 4.16. The molecular formula is C17H24O2. The first kappa shape index (κ1) is 13.0. The molecule has 104 valence electrons. The smallest absolute Gasteiger partial charge is 0.127 e. The number of benzene rings is 1. The first-order valence-corrected chi connectivity index (χ1v) is 7.47. The van der Waals surface area contributed by atoms with E-state index in [1.165, 1.54) is 31.2 Å². The zero-order valence-corrected chi connectivity index (χ0v) is 12.1. The summed E-state index contributed by atoms with van der Waals surface area (Å²) < 4.78 is 5.55. The fourth-order valence-electron chi connectivity index (χ4n) is 4.04. The predicted octanol–water partition coefficient (Wildman–Crippen LogP) is 3.78. The molecule has 0 amide bonds. The molecular weight excluding hydrogens is 236 g/mol. The molecule has 0 heterocycles. The summed E-state index contributed by atoms with van der Waals surface area (Å²) >= 11 is 0. The molecule has 2 nitrogen and oxygen atoms in total. The third-order valence-corrected chi connectivity index (χ3v) is 5.32. The molecule has 19 heavy (non-hydrogen) atoms. The second kappa shape index (κ2) is 4.82. The molecule has 3 atom stereocenters. The summed E-state index contributed by atoms with van der Waals surface area (Å²) in [5, 5.41) is 10.7. The van der Waals surface area contributed by atoms with E-state index in [-0.39, 0.29) is 6.10 Å². The first-order chi connectivity index (χ1) is 9.15. The van der Waals surface area contributed by atoms with Crippen molar-refractivity contribution in [2.75, 3.05) is 7.11 Å². The highest BCUT2D eigenvalue weighted by Gasteiger charge is 2.54. The van der Waals surface area contributed by atoms with Crippen molar-refractivity contribution in [3.8, 4) is 5.75 Å². The Morgan fingerprint density at radius 1 is 1.16 bits per heavy atom. The molecule has 1 aromatic carbocycles. The maximum atomic E-state index is 10.7. The van der Waals surface area contributed by atoms with Crippen LogP contribution in [0, 0.1) is 31.6 Å². The number of ether oxygens (including phenoxy) is 1. The second-order valence-electron chi connectivity index (χ2n) is 6.26. The van der Waals surface area contributed by atoms with Gasteiger partial charge in [0.2, 0.25) is 0 Å². The van der Waals surface area contributed by atoms with Gasteiger partial charge in [-0.25, -0.2) is 0 Å². The van der Waals surface area contributed by atoms with Gasteiger partial charge in [-0.15, -0.1) is 0 Å². The van der Waals surface area contributed by atoms with E-state index in [4.69, 9.17) is 4.74 Å². The Labute approximate surface area is 115 Å². The average Bonchev–Trinajstić information content (AvgIpc) is 3.15. The van der Waals surface area contributed by atoms with E-state index in [2.05, 4.69) is 26.0 Å². The van der Waals surface area contributed by atoms with Crippen molar-refractivity contribution in [3.05, 3.63) is 28.8 Å². The van der Waals surface area contributed by atoms with E-state index < -0.39 is 0 Å². The lowest BCUT2D eigenvalue weighted by Crippen LogP contribution is -2.06. The minimum Gasteiger partial charge on any atom is -0.496 e. The number of rotatable bonds is 3. The molecule has 2 saturated carbocycles. The van der Waals surface area contributed by atoms with Crippen LogP contribution in [0.25, 0.3) is 0 Å². The van der Waals surface area contributed by atoms with E-state index >= 15 is 0 Å². The van der Waals surface area contributed by atoms with Crippen LogP contribution in [0.3, 0.4) is 0 Å². The normalized spacial score (nSPS) is 30.6. The Hall–Kier alpha value is -1.02. The Kier molecular flexibility index (Phi) is 3.30. The molecule has 1 aromatic rings. The zero-order chi connectivity index (χ0) is 13.6. The molecule has 0 aliphatic heterocycles. The minimum atomic E-state index is -0.345. The van der Waals surface area contributed by atoms with Gasteiger partial charge in [-0.1, -0.05) is 25.0 Å². The highest BCUT2D eigenvalue weighted by Crippen LogP contribution is 2.61. The third kappa shape index (κ3) is 2.06. The van der Waals surface area contributed by atoms with Gasteiger partial charge in [-0.05, 0) is 55.6 Å². The molecule has 3 unspecified atom stereocenters. The number of fused-ring (bicyclic) bond motifs is 1. The van der Waals surface area contributed by atoms with Crippen molar-refractivity contribution in [2.45, 2.75) is 45.6 Å². The Balaban J connectivity index is 1.88. The number of aliphatic hydroxyl groups excluding tert-OH is 1. The van der Waals surface area contributed by atoms with Crippen molar-refractivity contribution >= 4 is 0 Å². The molecule has 2 aliphatic rings. The second-order valence-corrected chi connectivity index (χ2v) is 6.26. The van der Waals surface area contributed by atoms with Crippen LogP contribution < -0.4 is 4.74 Å². The number of methoxy groups -OCH3 is 1. The van der Waals surface area contributed by atoms with Crippen molar-refractivity contribution in [1.82, 2.24) is 0 Å². The molecule has 0 radical (unpaired) electrons. The molecule has 0 saturated heterocycles. The first-order valence-electron chi connectivity index (χ1n) is 7.47. The average molecular weight is 260 g/mol. The van der Waals surface area contributed by atoms with Gasteiger partial charge in [0.25, 0.3) is 0 Å². The van der Waals surface area contributed by atoms with Crippen LogP contribution in [-0.4, -0.2) is 12.2 Å². The summed E-state index contributed by atoms with van der Waals surface area (Å²) in [4.78, 5) is 0. The van der Waals surface area contributed by atoms with Gasteiger partial charge in [-0.3, -0.25) is 0 Å². The van der Waals surface area contributed by atoms with Gasteiger partial charge < -0.3 is 9.84 Å². The zero-order valence-electron chi connectivity index (χ0n) is 12.1. The molecule has 2 heteroatoms. The lowest BCUT2D eigenvalue weighted by atomic mass is 9.97. The Morgan fingerprint density at radius 3 is 2.37 bits per heavy atom. The Bertz CT molecular complexity index is 468. The monoisotopic (exact) mass is 260 g/mol. The van der Waals surface area contributed by atoms with E-state index in [1.807, 2.05) is 0 Å². The van der Waals surface area contributed by atoms with Crippen LogP contribution >= 0.6 is 0 Å². The summed E-state index contributed by atoms with van der Waals surface area (Å²) in [6.07, 6.45) is 4.95. The van der Waals surface area contributed by atoms with Crippen molar-refractivity contribution in [1.29, 1.82) is 0 Å². The number of hydrogen-bond acceptors (Lipinski definition) is 2. The fraction of sp³-hybridized carbons (Fsp3) is 0.647. The maximum absolute atomic E-state index is 10.7. The van der Waals surface area contributed by atoms with Gasteiger partial charge in [0.1, 0.15) is 5.75 Å². The van der Waals surface area contributed by atoms with E-state index in [0.717, 1.165) is 28.7 Å². The molecule has 0 aromatic heterocycles. The quantitative estimate of drug-likeness (QED) is 0.896. The van der Waals surface area contributed by atoms with Crippen LogP contribution in [0.2, 0.25) is 0 Å². The van der Waals surface area contributed by atoms with Gasteiger partial charge in [0, 0.05) is 5.56 Å². The molecule has 1 N–H and O–H groups in total. The highest BCUT2D eigenvalue weighted by atomic mass is 16.5. The van der Waals surface area contributed by atoms with E-state index in [9.17, 15) is 5.11 Å². The number of hydrogen-bond donors (Lipinski definition) is 1. The van der Waals surface area contributed by atoms with Crippen molar-refractivity contribution in [2.24, 2.45) is 17.8 Å². The molecule has 0 spiro atoms. The van der Waals surface area contributed by atoms with Crippen LogP contribution in [-0.2, 0) is 0 Å². The molecule has 3 rings (SSSR count). The van der Waals surface area contributed by atoms with E-state index in [1.54, 1.807) is 7.11 Å². The van der Waals surface area contributed by atoms with Crippen LogP contribution in [0.1, 0.15) is 48.5 Å². The molecule has 2 fully saturated rings. The van der Waals surface area contributed by atoms with Gasteiger partial charge in [0.15, 0.2) is 0 Å². The van der Waals surface area contributed by atoms with Crippen LogP contribution in [0.4, 0.5) is 0 Å². The lowest BCUT2D eigenvalue weighted by Gasteiger charge is -2.18. The summed E-state index contributed by atoms with van der Waals surface area (Å²) in [5.74, 6) is 2.87. The molecule has 2 aliphatic carbocycles. The Morgan fingerprint density at radius 2 is 1.79 bits per heavy atom.